The Kier molecular flexibility index (Phi) is 5.80. The average Bonchev–Trinajstić information content (AvgIpc) is 3.45. The molecule has 2 aromatic rings. The predicted molar refractivity (Wildman–Crippen MR) is 132 cm³/mol. The Morgan fingerprint density at radius 2 is 1.58 bits per heavy atom. The van der Waals surface area contributed by atoms with Crippen molar-refractivity contribution in [2.75, 3.05) is 0 Å². The third-order valence-electron chi connectivity index (χ3n) is 9.12. The van der Waals surface area contributed by atoms with Crippen LogP contribution in [-0.2, 0) is 22.9 Å². The van der Waals surface area contributed by atoms with Crippen molar-refractivity contribution < 1.29 is 23.0 Å². The van der Waals surface area contributed by atoms with E-state index in [1.165, 1.54) is 17.7 Å². The van der Waals surface area contributed by atoms with Crippen LogP contribution in [0, 0.1) is 5.41 Å². The molecule has 4 aliphatic rings. The number of aliphatic hydroxyl groups excluding tert-OH is 1. The number of nitrogens with zero attached hydrogens (tertiary/aromatic N) is 1. The second kappa shape index (κ2) is 8.56. The van der Waals surface area contributed by atoms with E-state index in [0.29, 0.717) is 12.3 Å². The van der Waals surface area contributed by atoms with Crippen LogP contribution in [0.1, 0.15) is 135 Å². The summed E-state index contributed by atoms with van der Waals surface area (Å²) >= 11 is 0. The SMILES string of the molecule is CC1(C)Cc2nc3c(c(C4CCCC4)c2[C@@H](O)C1)[C@H](c1ccc(C(F)(F)F)cc1)OC31CCCCC1. The fourth-order valence-electron chi connectivity index (χ4n) is 7.51. The van der Waals surface area contributed by atoms with Crippen molar-refractivity contribution in [3.05, 3.63) is 63.5 Å². The quantitative estimate of drug-likeness (QED) is 0.455. The summed E-state index contributed by atoms with van der Waals surface area (Å²) in [7, 11) is 0. The number of alkyl halides is 3. The maximum atomic E-state index is 13.3. The Bertz CT molecular complexity index is 1140. The summed E-state index contributed by atoms with van der Waals surface area (Å²) in [6, 6.07) is 5.50. The van der Waals surface area contributed by atoms with Crippen LogP contribution in [0.4, 0.5) is 13.2 Å². The predicted octanol–water partition coefficient (Wildman–Crippen LogP) is 8.04. The van der Waals surface area contributed by atoms with Gasteiger partial charge in [0.15, 0.2) is 0 Å². The monoisotopic (exact) mass is 499 g/mol. The van der Waals surface area contributed by atoms with E-state index >= 15 is 0 Å². The normalized spacial score (nSPS) is 27.3. The fourth-order valence-corrected chi connectivity index (χ4v) is 7.51. The zero-order valence-corrected chi connectivity index (χ0v) is 21.3. The molecule has 1 aromatic heterocycles. The molecule has 0 saturated heterocycles. The Morgan fingerprint density at radius 3 is 2.22 bits per heavy atom. The number of pyridine rings is 1. The van der Waals surface area contributed by atoms with Crippen LogP contribution < -0.4 is 0 Å². The van der Waals surface area contributed by atoms with Gasteiger partial charge in [-0.2, -0.15) is 13.2 Å². The van der Waals surface area contributed by atoms with Crippen molar-refractivity contribution in [1.29, 1.82) is 0 Å². The highest BCUT2D eigenvalue weighted by atomic mass is 19.4. The number of aliphatic hydroxyl groups is 1. The van der Waals surface area contributed by atoms with Gasteiger partial charge in [0.05, 0.1) is 17.4 Å². The molecule has 3 nitrogen and oxygen atoms in total. The van der Waals surface area contributed by atoms with Crippen LogP contribution in [0.3, 0.4) is 0 Å². The molecule has 6 rings (SSSR count). The first kappa shape index (κ1) is 24.4. The van der Waals surface area contributed by atoms with Gasteiger partial charge in [-0.1, -0.05) is 58.1 Å². The molecule has 0 amide bonds. The molecule has 1 aromatic carbocycles. The average molecular weight is 500 g/mol. The Morgan fingerprint density at radius 1 is 0.917 bits per heavy atom. The molecule has 2 heterocycles. The summed E-state index contributed by atoms with van der Waals surface area (Å²) < 4.78 is 46.9. The van der Waals surface area contributed by atoms with Crippen LogP contribution in [0.25, 0.3) is 0 Å². The maximum absolute atomic E-state index is 13.3. The van der Waals surface area contributed by atoms with Crippen LogP contribution in [0.5, 0.6) is 0 Å². The van der Waals surface area contributed by atoms with Gasteiger partial charge in [0.2, 0.25) is 0 Å². The first-order valence-corrected chi connectivity index (χ1v) is 13.7. The van der Waals surface area contributed by atoms with Gasteiger partial charge in [0.1, 0.15) is 11.7 Å². The van der Waals surface area contributed by atoms with E-state index in [1.807, 2.05) is 0 Å². The second-order valence-corrected chi connectivity index (χ2v) is 12.4. The van der Waals surface area contributed by atoms with E-state index in [1.54, 1.807) is 12.1 Å². The second-order valence-electron chi connectivity index (χ2n) is 12.4. The van der Waals surface area contributed by atoms with E-state index in [0.717, 1.165) is 92.3 Å². The number of halogens is 3. The van der Waals surface area contributed by atoms with Gasteiger partial charge in [0.25, 0.3) is 0 Å². The minimum absolute atomic E-state index is 0.0351. The van der Waals surface area contributed by atoms with Gasteiger partial charge in [-0.25, -0.2) is 0 Å². The largest absolute Gasteiger partial charge is 0.416 e. The van der Waals surface area contributed by atoms with Gasteiger partial charge in [-0.3, -0.25) is 4.98 Å². The highest BCUT2D eigenvalue weighted by molar-refractivity contribution is 5.53. The van der Waals surface area contributed by atoms with E-state index < -0.39 is 29.5 Å². The highest BCUT2D eigenvalue weighted by Gasteiger charge is 2.51. The van der Waals surface area contributed by atoms with Crippen LogP contribution in [-0.4, -0.2) is 10.1 Å². The number of hydrogen-bond acceptors (Lipinski definition) is 3. The summed E-state index contributed by atoms with van der Waals surface area (Å²) in [4.78, 5) is 5.32. The summed E-state index contributed by atoms with van der Waals surface area (Å²) in [6.45, 7) is 4.39. The van der Waals surface area contributed by atoms with Crippen LogP contribution in [0.15, 0.2) is 24.3 Å². The summed E-state index contributed by atoms with van der Waals surface area (Å²) in [5.41, 5.74) is 4.87. The number of hydrogen-bond donors (Lipinski definition) is 1. The number of fused-ring (bicyclic) bond motifs is 3. The minimum atomic E-state index is -4.37. The topological polar surface area (TPSA) is 42.4 Å². The zero-order valence-electron chi connectivity index (χ0n) is 21.3. The molecule has 0 unspecified atom stereocenters. The van der Waals surface area contributed by atoms with E-state index in [2.05, 4.69) is 13.8 Å². The van der Waals surface area contributed by atoms with Crippen LogP contribution in [0.2, 0.25) is 0 Å². The Labute approximate surface area is 211 Å². The van der Waals surface area contributed by atoms with Gasteiger partial charge in [-0.15, -0.1) is 0 Å². The number of ether oxygens (including phenoxy) is 1. The highest BCUT2D eigenvalue weighted by Crippen LogP contribution is 2.58. The molecule has 2 atom stereocenters. The first-order chi connectivity index (χ1) is 17.1. The van der Waals surface area contributed by atoms with E-state index in [-0.39, 0.29) is 5.41 Å². The van der Waals surface area contributed by atoms with Crippen molar-refractivity contribution in [2.24, 2.45) is 5.41 Å². The molecule has 0 bridgehead atoms. The standard InChI is InChI=1S/C30H36F3NO2/c1-28(2)16-21-24(22(35)17-28)23(18-8-4-5-9-18)25-26(19-10-12-20(13-11-19)30(31,32)33)36-29(27(25)34-21)14-6-3-7-15-29/h10-13,18,22,26,35H,3-9,14-17H2,1-2H3/t22-,26-/m0/s1. The number of rotatable bonds is 2. The molecule has 1 N–H and O–H groups in total. The third-order valence-corrected chi connectivity index (χ3v) is 9.12. The van der Waals surface area contributed by atoms with Gasteiger partial charge in [0, 0.05) is 16.8 Å². The smallest absolute Gasteiger partial charge is 0.388 e. The molecule has 2 fully saturated rings. The molecule has 1 aliphatic heterocycles. The summed E-state index contributed by atoms with van der Waals surface area (Å²) in [6.07, 6.45) is 5.66. The lowest BCUT2D eigenvalue weighted by Crippen LogP contribution is -2.32. The molecule has 1 spiro atoms. The minimum Gasteiger partial charge on any atom is -0.388 e. The zero-order chi connectivity index (χ0) is 25.3. The number of aromatic nitrogens is 1. The lowest BCUT2D eigenvalue weighted by atomic mass is 9.70. The van der Waals surface area contributed by atoms with Crippen molar-refractivity contribution in [1.82, 2.24) is 4.98 Å². The van der Waals surface area contributed by atoms with Crippen LogP contribution >= 0.6 is 0 Å². The van der Waals surface area contributed by atoms with Gasteiger partial charge >= 0.3 is 6.18 Å². The fraction of sp³-hybridized carbons (Fsp3) is 0.633. The van der Waals surface area contributed by atoms with Gasteiger partial charge < -0.3 is 9.84 Å². The lowest BCUT2D eigenvalue weighted by molar-refractivity contribution is -0.137. The maximum Gasteiger partial charge on any atom is 0.416 e. The molecule has 36 heavy (non-hydrogen) atoms. The molecule has 194 valence electrons. The Hall–Kier alpha value is -1.92. The van der Waals surface area contributed by atoms with Crippen molar-refractivity contribution in [3.8, 4) is 0 Å². The third kappa shape index (κ3) is 3.99. The number of benzene rings is 1. The summed E-state index contributed by atoms with van der Waals surface area (Å²) in [5.74, 6) is 0.339. The molecule has 3 aliphatic carbocycles. The lowest BCUT2D eigenvalue weighted by Gasteiger charge is -2.38. The molecule has 0 radical (unpaired) electrons. The first-order valence-electron chi connectivity index (χ1n) is 13.7. The molecular weight excluding hydrogens is 463 g/mol. The van der Waals surface area contributed by atoms with E-state index in [4.69, 9.17) is 9.72 Å². The van der Waals surface area contributed by atoms with Crippen molar-refractivity contribution in [2.45, 2.75) is 114 Å². The van der Waals surface area contributed by atoms with Crippen molar-refractivity contribution >= 4 is 0 Å². The Balaban J connectivity index is 1.57. The molecular formula is C30H36F3NO2. The van der Waals surface area contributed by atoms with Crippen molar-refractivity contribution in [3.63, 3.8) is 0 Å². The van der Waals surface area contributed by atoms with Gasteiger partial charge in [-0.05, 0) is 73.1 Å². The molecule has 2 saturated carbocycles. The summed E-state index contributed by atoms with van der Waals surface area (Å²) in [5, 5.41) is 11.4. The molecule has 6 heteroatoms. The van der Waals surface area contributed by atoms with E-state index in [9.17, 15) is 18.3 Å².